The Hall–Kier alpha value is -5.45. The number of anilines is 2. The Morgan fingerprint density at radius 2 is 1.76 bits per heavy atom. The molecular formula is C42H53N7O9S. The van der Waals surface area contributed by atoms with Crippen LogP contribution in [0, 0.1) is 11.8 Å². The lowest BCUT2D eigenvalue weighted by Crippen LogP contribution is -2.58. The summed E-state index contributed by atoms with van der Waals surface area (Å²) in [5, 5.41) is 21.2. The Labute approximate surface area is 347 Å². The molecule has 59 heavy (non-hydrogen) atoms. The molecule has 5 atom stereocenters. The number of aliphatic carboxylic acids is 1. The third kappa shape index (κ3) is 9.24. The van der Waals surface area contributed by atoms with Gasteiger partial charge in [-0.2, -0.15) is 0 Å². The van der Waals surface area contributed by atoms with Crippen LogP contribution in [0.15, 0.2) is 42.3 Å². The van der Waals surface area contributed by atoms with Gasteiger partial charge in [0.2, 0.25) is 11.8 Å². The van der Waals surface area contributed by atoms with E-state index in [4.69, 9.17) is 19.2 Å². The highest BCUT2D eigenvalue weighted by Gasteiger charge is 2.61. The Balaban J connectivity index is 1.21. The molecule has 1 aromatic carbocycles. The van der Waals surface area contributed by atoms with Crippen LogP contribution in [0.3, 0.4) is 0 Å². The van der Waals surface area contributed by atoms with E-state index in [1.807, 2.05) is 37.2 Å². The number of pyridine rings is 1. The van der Waals surface area contributed by atoms with Gasteiger partial charge in [0.1, 0.15) is 41.3 Å². The average Bonchev–Trinajstić information content (AvgIpc) is 3.46. The van der Waals surface area contributed by atoms with Gasteiger partial charge < -0.3 is 39.8 Å². The molecule has 3 aromatic rings. The summed E-state index contributed by atoms with van der Waals surface area (Å²) in [6, 6.07) is 5.43. The number of nitrogens with zero attached hydrogens (tertiary/aromatic N) is 4. The number of rotatable bonds is 14. The minimum Gasteiger partial charge on any atom is -0.488 e. The molecule has 1 aliphatic heterocycles. The third-order valence-corrected chi connectivity index (χ3v) is 12.5. The van der Waals surface area contributed by atoms with Gasteiger partial charge in [-0.15, -0.1) is 17.9 Å². The zero-order chi connectivity index (χ0) is 42.0. The van der Waals surface area contributed by atoms with Crippen molar-refractivity contribution in [2.24, 2.45) is 11.8 Å². The largest absolute Gasteiger partial charge is 0.488 e. The predicted octanol–water partition coefficient (Wildman–Crippen LogP) is 6.10. The van der Waals surface area contributed by atoms with Crippen LogP contribution in [0.25, 0.3) is 22.3 Å². The third-order valence-electron chi connectivity index (χ3n) is 11.7. The summed E-state index contributed by atoms with van der Waals surface area (Å²) < 4.78 is 17.6. The van der Waals surface area contributed by atoms with Gasteiger partial charge in [-0.1, -0.05) is 25.3 Å². The Kier molecular flexibility index (Phi) is 12.3. The van der Waals surface area contributed by atoms with E-state index in [9.17, 15) is 29.1 Å². The molecule has 0 bridgehead atoms. The number of thiazole rings is 1. The first-order valence-electron chi connectivity index (χ1n) is 20.4. The smallest absolute Gasteiger partial charge is 0.413 e. The van der Waals surface area contributed by atoms with E-state index in [2.05, 4.69) is 27.5 Å². The Morgan fingerprint density at radius 3 is 2.41 bits per heavy atom. The number of benzene rings is 1. The number of carbonyl (C=O) groups is 5. The van der Waals surface area contributed by atoms with Crippen LogP contribution in [0.1, 0.15) is 78.1 Å². The van der Waals surface area contributed by atoms with Crippen LogP contribution < -0.4 is 25.6 Å². The highest BCUT2D eigenvalue weighted by molar-refractivity contribution is 7.14. The van der Waals surface area contributed by atoms with Crippen LogP contribution in [0.2, 0.25) is 0 Å². The number of hydrogen-bond acceptors (Lipinski definition) is 12. The second-order valence-electron chi connectivity index (χ2n) is 16.5. The Morgan fingerprint density at radius 1 is 1.00 bits per heavy atom. The maximum atomic E-state index is 14.8. The summed E-state index contributed by atoms with van der Waals surface area (Å²) in [6.07, 6.45) is 6.04. The van der Waals surface area contributed by atoms with Crippen LogP contribution in [-0.2, 0) is 23.9 Å². The molecular weight excluding hydrogens is 779 g/mol. The number of aromatic nitrogens is 2. The normalized spacial score (nSPS) is 23.5. The number of hydrogen-bond donors (Lipinski definition) is 4. The molecule has 2 aromatic heterocycles. The number of alkyl carbamates (subject to hydrolysis) is 1. The highest BCUT2D eigenvalue weighted by atomic mass is 32.1. The summed E-state index contributed by atoms with van der Waals surface area (Å²) in [6.45, 7) is 7.23. The fourth-order valence-corrected chi connectivity index (χ4v) is 8.86. The van der Waals surface area contributed by atoms with Crippen molar-refractivity contribution in [1.29, 1.82) is 0 Å². The van der Waals surface area contributed by atoms with E-state index in [-0.39, 0.29) is 37.5 Å². The number of amides is 4. The van der Waals surface area contributed by atoms with Crippen molar-refractivity contribution in [2.75, 3.05) is 30.9 Å². The fourth-order valence-electron chi connectivity index (χ4n) is 8.17. The van der Waals surface area contributed by atoms with E-state index in [0.29, 0.717) is 33.2 Å². The number of carboxylic acids is 1. The first kappa shape index (κ1) is 41.7. The van der Waals surface area contributed by atoms with Gasteiger partial charge >= 0.3 is 18.2 Å². The maximum Gasteiger partial charge on any atom is 0.413 e. The molecule has 3 saturated carbocycles. The summed E-state index contributed by atoms with van der Waals surface area (Å²) >= 11 is 1.21. The molecule has 3 aliphatic carbocycles. The molecule has 17 heteroatoms. The topological polar surface area (TPSA) is 202 Å². The molecule has 16 nitrogen and oxygen atoms in total. The summed E-state index contributed by atoms with van der Waals surface area (Å²) in [5.74, 6) is -2.44. The number of ether oxygens (including phenoxy) is 3. The first-order chi connectivity index (χ1) is 28.2. The van der Waals surface area contributed by atoms with Gasteiger partial charge in [0.25, 0.3) is 0 Å². The van der Waals surface area contributed by atoms with Gasteiger partial charge in [0, 0.05) is 49.0 Å². The molecule has 4 N–H and O–H groups in total. The Bertz CT molecular complexity index is 2100. The number of likely N-dealkylation sites (tertiary alicyclic amines) is 1. The van der Waals surface area contributed by atoms with Crippen LogP contribution >= 0.6 is 11.3 Å². The number of nitrogens with one attached hydrogen (secondary N) is 3. The molecule has 4 amide bonds. The van der Waals surface area contributed by atoms with E-state index in [0.717, 1.165) is 57.1 Å². The number of carbonyl (C=O) groups excluding carboxylic acids is 4. The predicted molar refractivity (Wildman–Crippen MR) is 221 cm³/mol. The average molecular weight is 832 g/mol. The minimum absolute atomic E-state index is 0.0118. The van der Waals surface area contributed by atoms with Crippen LogP contribution in [0.4, 0.5) is 20.4 Å². The fraction of sp³-hybridized carbons (Fsp3) is 0.548. The van der Waals surface area contributed by atoms with Gasteiger partial charge in [-0.3, -0.25) is 14.9 Å². The van der Waals surface area contributed by atoms with E-state index >= 15 is 0 Å². The van der Waals surface area contributed by atoms with Crippen molar-refractivity contribution in [3.8, 4) is 17.1 Å². The van der Waals surface area contributed by atoms with Gasteiger partial charge in [0.15, 0.2) is 5.13 Å². The van der Waals surface area contributed by atoms with Crippen LogP contribution in [0.5, 0.6) is 5.75 Å². The molecule has 4 aliphatic rings. The lowest BCUT2D eigenvalue weighted by molar-refractivity contribution is -0.146. The lowest BCUT2D eigenvalue weighted by atomic mass is 9.83. The van der Waals surface area contributed by atoms with Gasteiger partial charge in [-0.25, -0.2) is 24.4 Å². The second kappa shape index (κ2) is 17.4. The SMILES string of the molecule is C=C[C@@H]1C[C@]1(NC(=O)[C@@H]1C[C@@H](Oc2cc(-c3csc(NC(=O)OC(C)C)n3)nc3cc(N(C)C)ccc23)CN1C(=O)[C@@H](NC(=O)OC1CCC1)C1CCCCC1)C(=O)O. The standard InChI is InChI=1S/C42H53N7O9S/c1-6-25-20-42(25,38(52)53)47-36(50)33-18-28(21-49(33)37(51)35(24-11-8-7-9-12-24)45-40(54)58-27-13-10-14-27)57-34-19-31(43-30-17-26(48(4)5)15-16-29(30)34)32-22-59-39(44-32)46-41(55)56-23(2)3/h6,15-17,19,22-25,27-28,33,35H,1,7-14,18,20-21H2,2-5H3,(H,45,54)(H,47,50)(H,52,53)(H,44,46,55)/t25-,28-,33+,35+,42-/m1/s1. The van der Waals surface area contributed by atoms with Crippen molar-refractivity contribution in [3.63, 3.8) is 0 Å². The highest BCUT2D eigenvalue weighted by Crippen LogP contribution is 2.45. The quantitative estimate of drug-likeness (QED) is 0.136. The van der Waals surface area contributed by atoms with Gasteiger partial charge in [-0.05, 0) is 76.5 Å². The van der Waals surface area contributed by atoms with E-state index in [1.54, 1.807) is 25.3 Å². The molecule has 4 fully saturated rings. The van der Waals surface area contributed by atoms with Crippen molar-refractivity contribution < 1.29 is 43.3 Å². The molecule has 1 saturated heterocycles. The summed E-state index contributed by atoms with van der Waals surface area (Å²) in [5.41, 5.74) is 0.913. The van der Waals surface area contributed by atoms with Crippen molar-refractivity contribution in [3.05, 3.63) is 42.3 Å². The zero-order valence-corrected chi connectivity index (χ0v) is 34.7. The van der Waals surface area contributed by atoms with Crippen molar-refractivity contribution in [2.45, 2.75) is 114 Å². The molecule has 316 valence electrons. The van der Waals surface area contributed by atoms with Crippen LogP contribution in [-0.4, -0.2) is 107 Å². The molecule has 0 spiro atoms. The first-order valence-corrected chi connectivity index (χ1v) is 21.3. The van der Waals surface area contributed by atoms with E-state index < -0.39 is 59.6 Å². The number of carboxylic acid groups (broad SMARTS) is 1. The minimum atomic E-state index is -1.52. The van der Waals surface area contributed by atoms with Crippen molar-refractivity contribution >= 4 is 63.0 Å². The maximum absolute atomic E-state index is 14.8. The second-order valence-corrected chi connectivity index (χ2v) is 17.3. The lowest BCUT2D eigenvalue weighted by Gasteiger charge is -2.35. The van der Waals surface area contributed by atoms with Gasteiger partial charge in [0.05, 0.1) is 23.9 Å². The molecule has 3 heterocycles. The summed E-state index contributed by atoms with van der Waals surface area (Å²) in [7, 11) is 3.84. The number of fused-ring (bicyclic) bond motifs is 1. The van der Waals surface area contributed by atoms with E-state index in [1.165, 1.54) is 22.3 Å². The summed E-state index contributed by atoms with van der Waals surface area (Å²) in [4.78, 5) is 79.9. The zero-order valence-electron chi connectivity index (χ0n) is 33.9. The monoisotopic (exact) mass is 831 g/mol. The van der Waals surface area contributed by atoms with Crippen molar-refractivity contribution in [1.82, 2.24) is 25.5 Å². The molecule has 0 radical (unpaired) electrons. The molecule has 7 rings (SSSR count). The molecule has 0 unspecified atom stereocenters.